The normalized spacial score (nSPS) is 11.6. The van der Waals surface area contributed by atoms with Gasteiger partial charge in [0.1, 0.15) is 11.9 Å². The second-order valence-electron chi connectivity index (χ2n) is 3.52. The molecule has 2 aromatic rings. The van der Waals surface area contributed by atoms with Gasteiger partial charge in [0.05, 0.1) is 10.6 Å². The van der Waals surface area contributed by atoms with Gasteiger partial charge in [0.25, 0.3) is 0 Å². The van der Waals surface area contributed by atoms with Crippen molar-refractivity contribution in [1.29, 1.82) is 5.26 Å². The van der Waals surface area contributed by atoms with E-state index in [2.05, 4.69) is 4.98 Å². The van der Waals surface area contributed by atoms with Crippen LogP contribution in [0, 0.1) is 17.1 Å². The number of hydrogen-bond donors (Lipinski definition) is 0. The molecule has 0 spiro atoms. The van der Waals surface area contributed by atoms with Gasteiger partial charge >= 0.3 is 0 Å². The maximum atomic E-state index is 13.6. The smallest absolute Gasteiger partial charge is 0.131 e. The SMILES string of the molecule is N#C/C(=C(\Cl)c1ccccc1F)c1ccncc1. The minimum absolute atomic E-state index is 0.0989. The number of nitrogens with zero attached hydrogens (tertiary/aromatic N) is 2. The van der Waals surface area contributed by atoms with Crippen molar-refractivity contribution in [3.8, 4) is 6.07 Å². The lowest BCUT2D eigenvalue weighted by molar-refractivity contribution is 0.625. The van der Waals surface area contributed by atoms with Crippen molar-refractivity contribution >= 4 is 22.2 Å². The van der Waals surface area contributed by atoms with Crippen LogP contribution in [0.4, 0.5) is 4.39 Å². The number of pyridine rings is 1. The molecule has 0 bridgehead atoms. The van der Waals surface area contributed by atoms with Crippen molar-refractivity contribution in [2.24, 2.45) is 0 Å². The first-order chi connectivity index (χ1) is 8.74. The molecule has 1 aromatic carbocycles. The third kappa shape index (κ3) is 2.39. The van der Waals surface area contributed by atoms with Crippen LogP contribution in [0.3, 0.4) is 0 Å². The lowest BCUT2D eigenvalue weighted by Crippen LogP contribution is -1.89. The van der Waals surface area contributed by atoms with Crippen molar-refractivity contribution in [3.05, 3.63) is 65.7 Å². The van der Waals surface area contributed by atoms with E-state index in [9.17, 15) is 4.39 Å². The molecule has 0 aliphatic carbocycles. The Morgan fingerprint density at radius 3 is 2.44 bits per heavy atom. The first-order valence-electron chi connectivity index (χ1n) is 5.19. The molecule has 0 aliphatic rings. The van der Waals surface area contributed by atoms with Crippen molar-refractivity contribution < 1.29 is 4.39 Å². The standard InChI is InChI=1S/C14H8ClFN2/c15-14(11-3-1-2-4-13(11)16)12(9-17)10-5-7-18-8-6-10/h1-8H/b14-12+. The van der Waals surface area contributed by atoms with Gasteiger partial charge in [0.15, 0.2) is 0 Å². The van der Waals surface area contributed by atoms with E-state index in [0.29, 0.717) is 5.56 Å². The van der Waals surface area contributed by atoms with Crippen molar-refractivity contribution in [2.75, 3.05) is 0 Å². The summed E-state index contributed by atoms with van der Waals surface area (Å²) in [5, 5.41) is 9.27. The van der Waals surface area contributed by atoms with E-state index in [1.165, 1.54) is 12.1 Å². The lowest BCUT2D eigenvalue weighted by atomic mass is 10.0. The van der Waals surface area contributed by atoms with Crippen LogP contribution in [0.5, 0.6) is 0 Å². The highest BCUT2D eigenvalue weighted by molar-refractivity contribution is 6.53. The minimum atomic E-state index is -0.454. The summed E-state index contributed by atoms with van der Waals surface area (Å²) in [6.07, 6.45) is 3.11. The Hall–Kier alpha value is -2.18. The molecular formula is C14H8ClFN2. The fraction of sp³-hybridized carbons (Fsp3) is 0. The summed E-state index contributed by atoms with van der Waals surface area (Å²) in [6.45, 7) is 0. The molecule has 0 saturated heterocycles. The largest absolute Gasteiger partial charge is 0.265 e. The summed E-state index contributed by atoms with van der Waals surface area (Å²) in [5.74, 6) is -0.454. The van der Waals surface area contributed by atoms with Gasteiger partial charge in [0.2, 0.25) is 0 Å². The summed E-state index contributed by atoms with van der Waals surface area (Å²) < 4.78 is 13.6. The van der Waals surface area contributed by atoms with E-state index in [1.54, 1.807) is 36.7 Å². The fourth-order valence-electron chi connectivity index (χ4n) is 1.53. The number of allylic oxidation sites excluding steroid dienone is 1. The Labute approximate surface area is 109 Å². The quantitative estimate of drug-likeness (QED) is 0.767. The molecule has 18 heavy (non-hydrogen) atoms. The van der Waals surface area contributed by atoms with Crippen molar-refractivity contribution in [1.82, 2.24) is 4.98 Å². The van der Waals surface area contributed by atoms with E-state index >= 15 is 0 Å². The average Bonchev–Trinajstić information content (AvgIpc) is 2.41. The molecule has 1 aromatic heterocycles. The molecule has 0 saturated carbocycles. The number of halogens is 2. The third-order valence-corrected chi connectivity index (χ3v) is 2.80. The van der Waals surface area contributed by atoms with Crippen LogP contribution in [0.1, 0.15) is 11.1 Å². The molecule has 0 N–H and O–H groups in total. The predicted molar refractivity (Wildman–Crippen MR) is 68.9 cm³/mol. The summed E-state index contributed by atoms with van der Waals surface area (Å²) in [4.78, 5) is 3.86. The number of nitriles is 1. The molecular weight excluding hydrogens is 251 g/mol. The van der Waals surface area contributed by atoms with Crippen molar-refractivity contribution in [2.45, 2.75) is 0 Å². The summed E-state index contributed by atoms with van der Waals surface area (Å²) in [6, 6.07) is 11.4. The Bertz CT molecular complexity index is 630. The van der Waals surface area contributed by atoms with Crippen LogP contribution >= 0.6 is 11.6 Å². The molecule has 0 unspecified atom stereocenters. The van der Waals surface area contributed by atoms with E-state index in [0.717, 1.165) is 0 Å². The number of rotatable bonds is 2. The van der Waals surface area contributed by atoms with Gasteiger partial charge in [-0.25, -0.2) is 4.39 Å². The van der Waals surface area contributed by atoms with Gasteiger partial charge in [0, 0.05) is 18.0 Å². The van der Waals surface area contributed by atoms with Crippen LogP contribution in [0.15, 0.2) is 48.8 Å². The average molecular weight is 259 g/mol. The minimum Gasteiger partial charge on any atom is -0.265 e. The number of benzene rings is 1. The Morgan fingerprint density at radius 2 is 1.83 bits per heavy atom. The van der Waals surface area contributed by atoms with E-state index in [1.807, 2.05) is 6.07 Å². The second kappa shape index (κ2) is 5.44. The van der Waals surface area contributed by atoms with Crippen LogP contribution < -0.4 is 0 Å². The first-order valence-corrected chi connectivity index (χ1v) is 5.57. The zero-order chi connectivity index (χ0) is 13.0. The Kier molecular flexibility index (Phi) is 3.71. The van der Waals surface area contributed by atoms with Gasteiger partial charge in [-0.3, -0.25) is 4.98 Å². The molecule has 0 radical (unpaired) electrons. The highest BCUT2D eigenvalue weighted by atomic mass is 35.5. The van der Waals surface area contributed by atoms with Crippen LogP contribution in [0.25, 0.3) is 10.6 Å². The molecule has 4 heteroatoms. The summed E-state index contributed by atoms with van der Waals surface area (Å²) in [5.41, 5.74) is 1.05. The van der Waals surface area contributed by atoms with Crippen molar-refractivity contribution in [3.63, 3.8) is 0 Å². The van der Waals surface area contributed by atoms with Gasteiger partial charge < -0.3 is 0 Å². The molecule has 1 heterocycles. The maximum absolute atomic E-state index is 13.6. The molecule has 2 rings (SSSR count). The van der Waals surface area contributed by atoms with Gasteiger partial charge in [-0.05, 0) is 23.8 Å². The summed E-state index contributed by atoms with van der Waals surface area (Å²) in [7, 11) is 0. The topological polar surface area (TPSA) is 36.7 Å². The fourth-order valence-corrected chi connectivity index (χ4v) is 1.84. The zero-order valence-electron chi connectivity index (χ0n) is 9.27. The third-order valence-electron chi connectivity index (χ3n) is 2.41. The molecule has 0 amide bonds. The highest BCUT2D eigenvalue weighted by Gasteiger charge is 2.12. The van der Waals surface area contributed by atoms with Gasteiger partial charge in [-0.1, -0.05) is 29.8 Å². The van der Waals surface area contributed by atoms with Crippen LogP contribution in [0.2, 0.25) is 0 Å². The second-order valence-corrected chi connectivity index (χ2v) is 3.89. The van der Waals surface area contributed by atoms with E-state index in [4.69, 9.17) is 16.9 Å². The van der Waals surface area contributed by atoms with Crippen LogP contribution in [-0.2, 0) is 0 Å². The number of hydrogen-bond acceptors (Lipinski definition) is 2. The first kappa shape index (κ1) is 12.3. The van der Waals surface area contributed by atoms with Crippen LogP contribution in [-0.4, -0.2) is 4.98 Å². The summed E-state index contributed by atoms with van der Waals surface area (Å²) >= 11 is 6.11. The lowest BCUT2D eigenvalue weighted by Gasteiger charge is -2.05. The van der Waals surface area contributed by atoms with Gasteiger partial charge in [-0.2, -0.15) is 5.26 Å². The number of aromatic nitrogens is 1. The monoisotopic (exact) mass is 258 g/mol. The van der Waals surface area contributed by atoms with E-state index in [-0.39, 0.29) is 16.2 Å². The maximum Gasteiger partial charge on any atom is 0.131 e. The molecule has 0 aliphatic heterocycles. The molecule has 0 fully saturated rings. The highest BCUT2D eigenvalue weighted by Crippen LogP contribution is 2.30. The molecule has 2 nitrogen and oxygen atoms in total. The van der Waals surface area contributed by atoms with Gasteiger partial charge in [-0.15, -0.1) is 0 Å². The zero-order valence-corrected chi connectivity index (χ0v) is 10.0. The molecule has 88 valence electrons. The Morgan fingerprint density at radius 1 is 1.17 bits per heavy atom. The Balaban J connectivity index is 2.59. The molecule has 0 atom stereocenters. The van der Waals surface area contributed by atoms with E-state index < -0.39 is 5.82 Å². The predicted octanol–water partition coefficient (Wildman–Crippen LogP) is 3.85.